The molecule has 0 unspecified atom stereocenters. The standard InChI is InChI=1S/C22H19FN6O4/c1-10-20(30)27-15-7-12(3-5-17(15)32-10)25-19-14(23)9-24-22(29-19)26-13-4-6-18-16(8-13)28-21(31)11(2)33-18/h3-11H,1-2H3,(H,27,30)(H,28,31)(H2,24,25,26,29)/t10-,11-/m0/s1. The van der Waals surface area contributed by atoms with Gasteiger partial charge in [0, 0.05) is 11.4 Å². The predicted molar refractivity (Wildman–Crippen MR) is 119 cm³/mol. The Morgan fingerprint density at radius 1 is 0.879 bits per heavy atom. The Kier molecular flexibility index (Phi) is 4.93. The van der Waals surface area contributed by atoms with Crippen molar-refractivity contribution < 1.29 is 23.5 Å². The van der Waals surface area contributed by atoms with E-state index in [1.807, 2.05) is 0 Å². The molecule has 2 aliphatic rings. The molecule has 0 fully saturated rings. The molecular formula is C22H19FN6O4. The van der Waals surface area contributed by atoms with Gasteiger partial charge in [0.25, 0.3) is 11.8 Å². The number of ether oxygens (including phenoxy) is 2. The van der Waals surface area contributed by atoms with Crippen LogP contribution in [-0.4, -0.2) is 34.0 Å². The lowest BCUT2D eigenvalue weighted by atomic mass is 10.2. The third-order valence-electron chi connectivity index (χ3n) is 5.08. The van der Waals surface area contributed by atoms with Crippen LogP contribution in [-0.2, 0) is 9.59 Å². The van der Waals surface area contributed by atoms with Gasteiger partial charge >= 0.3 is 0 Å². The summed E-state index contributed by atoms with van der Waals surface area (Å²) in [5.74, 6) is -0.0204. The van der Waals surface area contributed by atoms with E-state index in [2.05, 4.69) is 31.2 Å². The number of carbonyl (C=O) groups is 2. The van der Waals surface area contributed by atoms with E-state index >= 15 is 0 Å². The van der Waals surface area contributed by atoms with Crippen molar-refractivity contribution in [3.8, 4) is 11.5 Å². The zero-order chi connectivity index (χ0) is 23.1. The molecule has 2 amide bonds. The number of benzene rings is 2. The van der Waals surface area contributed by atoms with Gasteiger partial charge in [0.1, 0.15) is 11.5 Å². The molecule has 3 heterocycles. The fraction of sp³-hybridized carbons (Fsp3) is 0.182. The number of rotatable bonds is 4. The van der Waals surface area contributed by atoms with E-state index in [-0.39, 0.29) is 23.6 Å². The molecule has 0 saturated heterocycles. The first kappa shape index (κ1) is 20.5. The Hall–Kier alpha value is -4.41. The van der Waals surface area contributed by atoms with E-state index in [0.717, 1.165) is 6.20 Å². The average molecular weight is 450 g/mol. The average Bonchev–Trinajstić information content (AvgIpc) is 2.78. The summed E-state index contributed by atoms with van der Waals surface area (Å²) in [6, 6.07) is 10.1. The molecule has 1 aromatic heterocycles. The molecule has 11 heteroatoms. The zero-order valence-electron chi connectivity index (χ0n) is 17.6. The minimum atomic E-state index is -0.660. The van der Waals surface area contributed by atoms with E-state index in [4.69, 9.17) is 9.47 Å². The van der Waals surface area contributed by atoms with Gasteiger partial charge in [-0.3, -0.25) is 9.59 Å². The summed E-state index contributed by atoms with van der Waals surface area (Å²) in [6.45, 7) is 3.31. The summed E-state index contributed by atoms with van der Waals surface area (Å²) in [5, 5.41) is 11.4. The first-order chi connectivity index (χ1) is 15.9. The largest absolute Gasteiger partial charge is 0.479 e. The highest BCUT2D eigenvalue weighted by Gasteiger charge is 2.25. The molecule has 3 aromatic rings. The summed E-state index contributed by atoms with van der Waals surface area (Å²) in [5.41, 5.74) is 2.06. The maximum Gasteiger partial charge on any atom is 0.265 e. The van der Waals surface area contributed by atoms with Gasteiger partial charge in [-0.15, -0.1) is 0 Å². The second kappa shape index (κ2) is 7.93. The molecule has 0 saturated carbocycles. The monoisotopic (exact) mass is 450 g/mol. The van der Waals surface area contributed by atoms with Crippen LogP contribution < -0.4 is 30.7 Å². The fourth-order valence-corrected chi connectivity index (χ4v) is 3.35. The van der Waals surface area contributed by atoms with Crippen LogP contribution in [0.2, 0.25) is 0 Å². The molecular weight excluding hydrogens is 431 g/mol. The Morgan fingerprint density at radius 2 is 1.42 bits per heavy atom. The number of amides is 2. The maximum absolute atomic E-state index is 14.4. The van der Waals surface area contributed by atoms with Crippen molar-refractivity contribution in [2.45, 2.75) is 26.1 Å². The normalized spacial score (nSPS) is 18.6. The second-order valence-corrected chi connectivity index (χ2v) is 7.56. The SMILES string of the molecule is C[C@@H]1Oc2ccc(Nc3ncc(F)c(Nc4ccc5c(c4)NC(=O)[C@H](C)O5)n3)cc2NC1=O. The first-order valence-corrected chi connectivity index (χ1v) is 10.2. The van der Waals surface area contributed by atoms with Crippen molar-refractivity contribution in [2.75, 3.05) is 21.3 Å². The summed E-state index contributed by atoms with van der Waals surface area (Å²) in [6.07, 6.45) is -0.124. The van der Waals surface area contributed by atoms with Crippen LogP contribution in [0.1, 0.15) is 13.8 Å². The van der Waals surface area contributed by atoms with Crippen LogP contribution in [0.25, 0.3) is 0 Å². The van der Waals surface area contributed by atoms with Gasteiger partial charge in [0.2, 0.25) is 5.95 Å². The molecule has 0 radical (unpaired) electrons. The highest BCUT2D eigenvalue weighted by molar-refractivity contribution is 5.98. The van der Waals surface area contributed by atoms with Crippen LogP contribution in [0.5, 0.6) is 11.5 Å². The van der Waals surface area contributed by atoms with Crippen LogP contribution in [0.4, 0.5) is 38.9 Å². The lowest BCUT2D eigenvalue weighted by Gasteiger charge is -2.24. The van der Waals surface area contributed by atoms with Crippen molar-refractivity contribution >= 4 is 46.3 Å². The number of nitrogens with one attached hydrogen (secondary N) is 4. The van der Waals surface area contributed by atoms with Crippen molar-refractivity contribution in [3.63, 3.8) is 0 Å². The van der Waals surface area contributed by atoms with Crippen LogP contribution in [0.3, 0.4) is 0 Å². The molecule has 2 aliphatic heterocycles. The first-order valence-electron chi connectivity index (χ1n) is 10.2. The number of aromatic nitrogens is 2. The summed E-state index contributed by atoms with van der Waals surface area (Å²) < 4.78 is 25.4. The quantitative estimate of drug-likeness (QED) is 0.476. The van der Waals surface area contributed by atoms with Gasteiger partial charge in [-0.2, -0.15) is 4.98 Å². The van der Waals surface area contributed by atoms with Gasteiger partial charge < -0.3 is 30.7 Å². The Bertz CT molecular complexity index is 1280. The maximum atomic E-state index is 14.4. The van der Waals surface area contributed by atoms with E-state index in [1.54, 1.807) is 50.2 Å². The van der Waals surface area contributed by atoms with Crippen LogP contribution in [0.15, 0.2) is 42.6 Å². The van der Waals surface area contributed by atoms with Crippen molar-refractivity contribution in [1.82, 2.24) is 9.97 Å². The Morgan fingerprint density at radius 3 is 2.00 bits per heavy atom. The van der Waals surface area contributed by atoms with E-state index in [9.17, 15) is 14.0 Å². The van der Waals surface area contributed by atoms with Crippen LogP contribution in [0, 0.1) is 5.82 Å². The molecule has 168 valence electrons. The third kappa shape index (κ3) is 4.07. The number of anilines is 6. The number of hydrogen-bond donors (Lipinski definition) is 4. The van der Waals surface area contributed by atoms with Gasteiger partial charge in [-0.05, 0) is 50.2 Å². The molecule has 5 rings (SSSR count). The number of halogens is 1. The van der Waals surface area contributed by atoms with Crippen molar-refractivity contribution in [1.29, 1.82) is 0 Å². The van der Waals surface area contributed by atoms with Crippen molar-refractivity contribution in [2.24, 2.45) is 0 Å². The fourth-order valence-electron chi connectivity index (χ4n) is 3.35. The zero-order valence-corrected chi connectivity index (χ0v) is 17.6. The lowest BCUT2D eigenvalue weighted by molar-refractivity contribution is -0.123. The van der Waals surface area contributed by atoms with E-state index in [1.165, 1.54) is 0 Å². The molecule has 2 aromatic carbocycles. The Labute approximate surface area is 187 Å². The van der Waals surface area contributed by atoms with Gasteiger partial charge in [0.15, 0.2) is 23.8 Å². The topological polar surface area (TPSA) is 126 Å². The predicted octanol–water partition coefficient (Wildman–Crippen LogP) is 3.54. The molecule has 0 spiro atoms. The molecule has 10 nitrogen and oxygen atoms in total. The summed E-state index contributed by atoms with van der Waals surface area (Å²) in [4.78, 5) is 31.9. The van der Waals surface area contributed by atoms with Crippen molar-refractivity contribution in [3.05, 3.63) is 48.4 Å². The third-order valence-corrected chi connectivity index (χ3v) is 5.08. The minimum absolute atomic E-state index is 0.0627. The molecule has 0 bridgehead atoms. The van der Waals surface area contributed by atoms with E-state index in [0.29, 0.717) is 34.2 Å². The number of fused-ring (bicyclic) bond motifs is 2. The highest BCUT2D eigenvalue weighted by Crippen LogP contribution is 2.34. The minimum Gasteiger partial charge on any atom is -0.479 e. The van der Waals surface area contributed by atoms with Gasteiger partial charge in [-0.25, -0.2) is 9.37 Å². The van der Waals surface area contributed by atoms with Gasteiger partial charge in [-0.1, -0.05) is 0 Å². The summed E-state index contributed by atoms with van der Waals surface area (Å²) in [7, 11) is 0. The van der Waals surface area contributed by atoms with E-state index < -0.39 is 18.0 Å². The smallest absolute Gasteiger partial charge is 0.265 e. The molecule has 33 heavy (non-hydrogen) atoms. The lowest BCUT2D eigenvalue weighted by Crippen LogP contribution is -2.34. The number of nitrogens with zero attached hydrogens (tertiary/aromatic N) is 2. The molecule has 4 N–H and O–H groups in total. The second-order valence-electron chi connectivity index (χ2n) is 7.56. The molecule has 0 aliphatic carbocycles. The van der Waals surface area contributed by atoms with Crippen LogP contribution >= 0.6 is 0 Å². The Balaban J connectivity index is 1.35. The number of hydrogen-bond acceptors (Lipinski definition) is 8. The molecule has 2 atom stereocenters. The number of carbonyl (C=O) groups excluding carboxylic acids is 2. The van der Waals surface area contributed by atoms with Gasteiger partial charge in [0.05, 0.1) is 17.6 Å². The summed E-state index contributed by atoms with van der Waals surface area (Å²) >= 11 is 0. The highest BCUT2D eigenvalue weighted by atomic mass is 19.1.